The molecule has 1 aliphatic heterocycles. The predicted molar refractivity (Wildman–Crippen MR) is 124 cm³/mol. The van der Waals surface area contributed by atoms with Gasteiger partial charge in [0.15, 0.2) is 5.78 Å². The molecule has 4 rings (SSSR count). The van der Waals surface area contributed by atoms with Crippen LogP contribution >= 0.6 is 0 Å². The van der Waals surface area contributed by atoms with E-state index in [0.29, 0.717) is 30.1 Å². The maximum atomic E-state index is 13.2. The number of esters is 1. The topological polar surface area (TPSA) is 65.0 Å². The second kappa shape index (κ2) is 9.51. The summed E-state index contributed by atoms with van der Waals surface area (Å²) in [6, 6.07) is 17.6. The van der Waals surface area contributed by atoms with E-state index in [-0.39, 0.29) is 17.9 Å². The van der Waals surface area contributed by atoms with Gasteiger partial charge in [-0.2, -0.15) is 0 Å². The van der Waals surface area contributed by atoms with E-state index in [4.69, 9.17) is 14.5 Å². The molecule has 0 saturated carbocycles. The SMILES string of the molecule is CC1=NC2=C(C(=O)CCC2)[C@@H](c2ccccc2OCc2ccccc2)C1C(=O)OC(C)C. The zero-order valence-corrected chi connectivity index (χ0v) is 18.8. The van der Waals surface area contributed by atoms with Crippen molar-refractivity contribution in [1.29, 1.82) is 0 Å². The number of carbonyl (C=O) groups is 2. The quantitative estimate of drug-likeness (QED) is 0.575. The molecule has 0 N–H and O–H groups in total. The summed E-state index contributed by atoms with van der Waals surface area (Å²) in [5.41, 5.74) is 4.00. The van der Waals surface area contributed by atoms with E-state index in [1.165, 1.54) is 0 Å². The first-order valence-electron chi connectivity index (χ1n) is 11.2. The van der Waals surface area contributed by atoms with Gasteiger partial charge in [-0.3, -0.25) is 14.6 Å². The van der Waals surface area contributed by atoms with Crippen LogP contribution in [0.4, 0.5) is 0 Å². The summed E-state index contributed by atoms with van der Waals surface area (Å²) in [6.07, 6.45) is 1.75. The molecule has 0 radical (unpaired) electrons. The Kier molecular flexibility index (Phi) is 6.54. The lowest BCUT2D eigenvalue weighted by Gasteiger charge is -2.35. The van der Waals surface area contributed by atoms with Crippen molar-refractivity contribution in [3.63, 3.8) is 0 Å². The minimum absolute atomic E-state index is 0.0627. The highest BCUT2D eigenvalue weighted by molar-refractivity contribution is 6.09. The molecule has 0 spiro atoms. The molecule has 5 heteroatoms. The fourth-order valence-electron chi connectivity index (χ4n) is 4.56. The van der Waals surface area contributed by atoms with Gasteiger partial charge in [-0.05, 0) is 45.2 Å². The largest absolute Gasteiger partial charge is 0.489 e. The summed E-state index contributed by atoms with van der Waals surface area (Å²) in [4.78, 5) is 31.0. The van der Waals surface area contributed by atoms with Gasteiger partial charge in [0, 0.05) is 34.9 Å². The lowest BCUT2D eigenvalue weighted by molar-refractivity contribution is -0.150. The number of Topliss-reactive ketones (excluding diaryl/α,β-unsaturated/α-hetero) is 1. The number of para-hydroxylation sites is 1. The highest BCUT2D eigenvalue weighted by Gasteiger charge is 2.44. The average molecular weight is 432 g/mol. The number of benzene rings is 2. The fraction of sp³-hybridized carbons (Fsp3) is 0.370. The lowest BCUT2D eigenvalue weighted by atomic mass is 9.71. The van der Waals surface area contributed by atoms with E-state index in [1.807, 2.05) is 75.4 Å². The van der Waals surface area contributed by atoms with Crippen LogP contribution in [0.5, 0.6) is 5.75 Å². The number of nitrogens with zero attached hydrogens (tertiary/aromatic N) is 1. The number of aliphatic imine (C=N–C) groups is 1. The summed E-state index contributed by atoms with van der Waals surface area (Å²) < 4.78 is 11.8. The van der Waals surface area contributed by atoms with E-state index >= 15 is 0 Å². The van der Waals surface area contributed by atoms with Crippen molar-refractivity contribution in [2.75, 3.05) is 0 Å². The van der Waals surface area contributed by atoms with Crippen LogP contribution in [-0.2, 0) is 20.9 Å². The molecular formula is C27H29NO4. The zero-order valence-electron chi connectivity index (χ0n) is 18.8. The summed E-state index contributed by atoms with van der Waals surface area (Å²) >= 11 is 0. The van der Waals surface area contributed by atoms with Crippen molar-refractivity contribution in [2.24, 2.45) is 10.9 Å². The van der Waals surface area contributed by atoms with Crippen molar-refractivity contribution in [3.8, 4) is 5.75 Å². The van der Waals surface area contributed by atoms with Gasteiger partial charge in [0.2, 0.25) is 0 Å². The Morgan fingerprint density at radius 1 is 1.06 bits per heavy atom. The summed E-state index contributed by atoms with van der Waals surface area (Å²) in [7, 11) is 0. The third kappa shape index (κ3) is 4.52. The first-order valence-corrected chi connectivity index (χ1v) is 11.2. The van der Waals surface area contributed by atoms with Gasteiger partial charge >= 0.3 is 5.97 Å². The van der Waals surface area contributed by atoms with Gasteiger partial charge in [-0.15, -0.1) is 0 Å². The van der Waals surface area contributed by atoms with E-state index in [1.54, 1.807) is 0 Å². The molecule has 5 nitrogen and oxygen atoms in total. The third-order valence-electron chi connectivity index (χ3n) is 5.93. The van der Waals surface area contributed by atoms with E-state index in [9.17, 15) is 9.59 Å². The smallest absolute Gasteiger partial charge is 0.315 e. The van der Waals surface area contributed by atoms with Gasteiger partial charge in [-0.25, -0.2) is 0 Å². The second-order valence-corrected chi connectivity index (χ2v) is 8.64. The number of ether oxygens (including phenoxy) is 2. The molecule has 2 aromatic carbocycles. The molecule has 2 aliphatic rings. The fourth-order valence-corrected chi connectivity index (χ4v) is 4.56. The predicted octanol–water partition coefficient (Wildman–Crippen LogP) is 5.40. The number of ketones is 1. The highest BCUT2D eigenvalue weighted by atomic mass is 16.5. The van der Waals surface area contributed by atoms with Crippen LogP contribution in [0.2, 0.25) is 0 Å². The number of carbonyl (C=O) groups excluding carboxylic acids is 2. The Balaban J connectivity index is 1.77. The van der Waals surface area contributed by atoms with Crippen LogP contribution in [0, 0.1) is 5.92 Å². The lowest BCUT2D eigenvalue weighted by Crippen LogP contribution is -2.38. The van der Waals surface area contributed by atoms with Crippen molar-refractivity contribution < 1.29 is 19.1 Å². The molecule has 0 saturated heterocycles. The van der Waals surface area contributed by atoms with Crippen molar-refractivity contribution >= 4 is 17.5 Å². The minimum Gasteiger partial charge on any atom is -0.489 e. The molecule has 32 heavy (non-hydrogen) atoms. The van der Waals surface area contributed by atoms with E-state index in [2.05, 4.69) is 0 Å². The standard InChI is InChI=1S/C27H29NO4/c1-17(2)32-27(30)24-18(3)28-21-13-9-14-22(29)26(21)25(24)20-12-7-8-15-23(20)31-16-19-10-5-4-6-11-19/h4-8,10-12,15,17,24-25H,9,13-14,16H2,1-3H3/t24?,25-/m0/s1. The first-order chi connectivity index (χ1) is 15.5. The molecule has 1 heterocycles. The summed E-state index contributed by atoms with van der Waals surface area (Å²) in [5, 5.41) is 0. The molecule has 2 atom stereocenters. The molecule has 2 aromatic rings. The Hall–Kier alpha value is -3.21. The number of hydrogen-bond acceptors (Lipinski definition) is 5. The third-order valence-corrected chi connectivity index (χ3v) is 5.93. The van der Waals surface area contributed by atoms with Crippen LogP contribution in [0.25, 0.3) is 0 Å². The van der Waals surface area contributed by atoms with Crippen molar-refractivity contribution in [3.05, 3.63) is 77.0 Å². The average Bonchev–Trinajstić information content (AvgIpc) is 2.77. The molecular weight excluding hydrogens is 402 g/mol. The Morgan fingerprint density at radius 3 is 2.53 bits per heavy atom. The molecule has 0 fully saturated rings. The Morgan fingerprint density at radius 2 is 1.78 bits per heavy atom. The van der Waals surface area contributed by atoms with Crippen LogP contribution in [0.3, 0.4) is 0 Å². The van der Waals surface area contributed by atoms with Gasteiger partial charge in [0.1, 0.15) is 18.3 Å². The summed E-state index contributed by atoms with van der Waals surface area (Å²) in [5.74, 6) is -0.737. The Bertz CT molecular complexity index is 1070. The molecule has 0 aromatic heterocycles. The van der Waals surface area contributed by atoms with Crippen LogP contribution in [-0.4, -0.2) is 23.6 Å². The highest BCUT2D eigenvalue weighted by Crippen LogP contribution is 2.46. The van der Waals surface area contributed by atoms with Gasteiger partial charge < -0.3 is 9.47 Å². The van der Waals surface area contributed by atoms with Crippen molar-refractivity contribution in [1.82, 2.24) is 0 Å². The van der Waals surface area contributed by atoms with Crippen molar-refractivity contribution in [2.45, 2.75) is 58.7 Å². The van der Waals surface area contributed by atoms with Gasteiger partial charge in [-0.1, -0.05) is 48.5 Å². The van der Waals surface area contributed by atoms with Gasteiger partial charge in [0.25, 0.3) is 0 Å². The number of allylic oxidation sites excluding steroid dienone is 2. The van der Waals surface area contributed by atoms with Crippen LogP contribution < -0.4 is 4.74 Å². The van der Waals surface area contributed by atoms with Crippen LogP contribution in [0.15, 0.2) is 70.9 Å². The number of rotatable bonds is 6. The summed E-state index contributed by atoms with van der Waals surface area (Å²) in [6.45, 7) is 5.92. The monoisotopic (exact) mass is 431 g/mol. The first kappa shape index (κ1) is 22.0. The molecule has 1 aliphatic carbocycles. The normalized spacial score (nSPS) is 20.6. The number of hydrogen-bond donors (Lipinski definition) is 0. The van der Waals surface area contributed by atoms with Crippen LogP contribution in [0.1, 0.15) is 57.1 Å². The van der Waals surface area contributed by atoms with Gasteiger partial charge in [0.05, 0.1) is 6.10 Å². The van der Waals surface area contributed by atoms with E-state index in [0.717, 1.165) is 29.7 Å². The molecule has 0 bridgehead atoms. The maximum absolute atomic E-state index is 13.2. The minimum atomic E-state index is -0.653. The molecule has 166 valence electrons. The Labute approximate surface area is 189 Å². The second-order valence-electron chi connectivity index (χ2n) is 8.64. The zero-order chi connectivity index (χ0) is 22.7. The molecule has 0 amide bonds. The van der Waals surface area contributed by atoms with E-state index < -0.39 is 11.8 Å². The maximum Gasteiger partial charge on any atom is 0.315 e. The molecule has 1 unspecified atom stereocenters.